The van der Waals surface area contributed by atoms with E-state index in [0.717, 1.165) is 12.0 Å². The van der Waals surface area contributed by atoms with Gasteiger partial charge in [0.25, 0.3) is 0 Å². The largest absolute Gasteiger partial charge is 0.314 e. The Morgan fingerprint density at radius 3 is 2.68 bits per heavy atom. The molecular formula is C16H29N3. The zero-order valence-corrected chi connectivity index (χ0v) is 12.2. The summed E-state index contributed by atoms with van der Waals surface area (Å²) in [6.45, 7) is 7.92. The summed E-state index contributed by atoms with van der Waals surface area (Å²) in [6.07, 6.45) is 10.2. The molecule has 1 spiro atoms. The summed E-state index contributed by atoms with van der Waals surface area (Å²) in [6, 6.07) is 0.902. The van der Waals surface area contributed by atoms with Gasteiger partial charge in [0.2, 0.25) is 0 Å². The van der Waals surface area contributed by atoms with Crippen molar-refractivity contribution in [3.63, 3.8) is 0 Å². The quantitative estimate of drug-likeness (QED) is 0.777. The number of rotatable bonds is 1. The van der Waals surface area contributed by atoms with Gasteiger partial charge in [-0.1, -0.05) is 19.3 Å². The summed E-state index contributed by atoms with van der Waals surface area (Å²) in [5.74, 6) is 0.977. The van der Waals surface area contributed by atoms with Crippen molar-refractivity contribution in [2.75, 3.05) is 39.3 Å². The first kappa shape index (κ1) is 12.6. The second-order valence-electron chi connectivity index (χ2n) is 7.36. The van der Waals surface area contributed by atoms with Gasteiger partial charge in [-0.25, -0.2) is 0 Å². The Morgan fingerprint density at radius 1 is 0.947 bits per heavy atom. The second kappa shape index (κ2) is 5.01. The minimum Gasteiger partial charge on any atom is -0.314 e. The van der Waals surface area contributed by atoms with Crippen molar-refractivity contribution in [3.05, 3.63) is 0 Å². The fraction of sp³-hybridized carbons (Fsp3) is 1.00. The molecule has 3 nitrogen and oxygen atoms in total. The number of piperazine rings is 1. The second-order valence-corrected chi connectivity index (χ2v) is 7.36. The van der Waals surface area contributed by atoms with Crippen LogP contribution >= 0.6 is 0 Å². The van der Waals surface area contributed by atoms with Crippen molar-refractivity contribution in [3.8, 4) is 0 Å². The summed E-state index contributed by atoms with van der Waals surface area (Å²) in [5, 5.41) is 3.71. The molecule has 3 atom stereocenters. The van der Waals surface area contributed by atoms with E-state index in [-0.39, 0.29) is 0 Å². The van der Waals surface area contributed by atoms with Gasteiger partial charge < -0.3 is 10.2 Å². The summed E-state index contributed by atoms with van der Waals surface area (Å²) in [7, 11) is 0. The van der Waals surface area contributed by atoms with Gasteiger partial charge in [-0.05, 0) is 44.7 Å². The molecule has 0 aromatic rings. The third-order valence-corrected chi connectivity index (χ3v) is 6.37. The maximum Gasteiger partial charge on any atom is 0.0337 e. The summed E-state index contributed by atoms with van der Waals surface area (Å²) >= 11 is 0. The molecule has 3 aliphatic heterocycles. The van der Waals surface area contributed by atoms with Crippen LogP contribution in [0.5, 0.6) is 0 Å². The van der Waals surface area contributed by atoms with Gasteiger partial charge in [-0.15, -0.1) is 0 Å². The molecule has 108 valence electrons. The molecule has 4 aliphatic rings. The van der Waals surface area contributed by atoms with Crippen molar-refractivity contribution in [1.29, 1.82) is 0 Å². The fourth-order valence-electron chi connectivity index (χ4n) is 5.39. The minimum absolute atomic E-state index is 0.534. The van der Waals surface area contributed by atoms with Crippen LogP contribution in [0.3, 0.4) is 0 Å². The smallest absolute Gasteiger partial charge is 0.0337 e. The highest BCUT2D eigenvalue weighted by Gasteiger charge is 2.47. The first-order valence-corrected chi connectivity index (χ1v) is 8.57. The molecule has 3 heterocycles. The van der Waals surface area contributed by atoms with E-state index in [4.69, 9.17) is 0 Å². The lowest BCUT2D eigenvalue weighted by Crippen LogP contribution is -2.66. The fourth-order valence-corrected chi connectivity index (χ4v) is 5.39. The van der Waals surface area contributed by atoms with E-state index in [1.165, 1.54) is 84.2 Å². The molecule has 2 bridgehead atoms. The predicted molar refractivity (Wildman–Crippen MR) is 78.3 cm³/mol. The summed E-state index contributed by atoms with van der Waals surface area (Å²) < 4.78 is 0. The van der Waals surface area contributed by atoms with Gasteiger partial charge in [0.1, 0.15) is 0 Å². The van der Waals surface area contributed by atoms with E-state index in [2.05, 4.69) is 15.1 Å². The van der Waals surface area contributed by atoms with Crippen LogP contribution in [0.1, 0.15) is 44.9 Å². The Bertz CT molecular complexity index is 316. The van der Waals surface area contributed by atoms with Crippen LogP contribution in [0.2, 0.25) is 0 Å². The number of fused-ring (bicyclic) bond motifs is 2. The van der Waals surface area contributed by atoms with Crippen LogP contribution in [0.4, 0.5) is 0 Å². The molecular weight excluding hydrogens is 234 g/mol. The van der Waals surface area contributed by atoms with Gasteiger partial charge in [0.15, 0.2) is 0 Å². The molecule has 1 saturated carbocycles. The lowest BCUT2D eigenvalue weighted by molar-refractivity contribution is -0.0370. The zero-order valence-electron chi connectivity index (χ0n) is 12.2. The highest BCUT2D eigenvalue weighted by atomic mass is 15.3. The van der Waals surface area contributed by atoms with Gasteiger partial charge in [0.05, 0.1) is 0 Å². The normalized spacial score (nSPS) is 42.6. The van der Waals surface area contributed by atoms with Crippen molar-refractivity contribution in [2.24, 2.45) is 5.92 Å². The van der Waals surface area contributed by atoms with Crippen LogP contribution in [0, 0.1) is 5.92 Å². The molecule has 4 rings (SSSR count). The van der Waals surface area contributed by atoms with E-state index in [9.17, 15) is 0 Å². The molecule has 0 amide bonds. The molecule has 19 heavy (non-hydrogen) atoms. The van der Waals surface area contributed by atoms with Gasteiger partial charge in [0, 0.05) is 37.8 Å². The first-order valence-electron chi connectivity index (χ1n) is 8.57. The number of piperidine rings is 1. The first-order chi connectivity index (χ1) is 9.37. The van der Waals surface area contributed by atoms with Crippen LogP contribution in [0.25, 0.3) is 0 Å². The average molecular weight is 263 g/mol. The van der Waals surface area contributed by atoms with Crippen molar-refractivity contribution in [2.45, 2.75) is 56.5 Å². The summed E-state index contributed by atoms with van der Waals surface area (Å²) in [4.78, 5) is 5.69. The van der Waals surface area contributed by atoms with E-state index < -0.39 is 0 Å². The van der Waals surface area contributed by atoms with Crippen molar-refractivity contribution in [1.82, 2.24) is 15.1 Å². The molecule has 0 radical (unpaired) electrons. The number of nitrogens with one attached hydrogen (secondary N) is 1. The Morgan fingerprint density at radius 2 is 1.79 bits per heavy atom. The standard InChI is InChI=1S/C16H29N3/c1-2-6-16(7-3-1)13-17-8-11-19(16)15-5-10-18-9-4-14(15)12-18/h14-15,17H,1-13H2. The molecule has 3 heteroatoms. The topological polar surface area (TPSA) is 18.5 Å². The van der Waals surface area contributed by atoms with Gasteiger partial charge in [-0.3, -0.25) is 4.90 Å². The number of hydrogen-bond acceptors (Lipinski definition) is 3. The van der Waals surface area contributed by atoms with Gasteiger partial charge >= 0.3 is 0 Å². The molecule has 1 aliphatic carbocycles. The third kappa shape index (κ3) is 2.14. The molecule has 0 aromatic carbocycles. The molecule has 4 fully saturated rings. The Balaban J connectivity index is 1.56. The Kier molecular flexibility index (Phi) is 3.33. The van der Waals surface area contributed by atoms with E-state index in [1.54, 1.807) is 0 Å². The Labute approximate surface area is 117 Å². The monoisotopic (exact) mass is 263 g/mol. The lowest BCUT2D eigenvalue weighted by Gasteiger charge is -2.55. The van der Waals surface area contributed by atoms with E-state index in [0.29, 0.717) is 5.54 Å². The van der Waals surface area contributed by atoms with Crippen molar-refractivity contribution >= 4 is 0 Å². The minimum atomic E-state index is 0.534. The highest BCUT2D eigenvalue weighted by molar-refractivity contribution is 5.04. The Hall–Kier alpha value is -0.120. The highest BCUT2D eigenvalue weighted by Crippen LogP contribution is 2.40. The molecule has 1 N–H and O–H groups in total. The zero-order chi connectivity index (χ0) is 12.7. The number of hydrogen-bond donors (Lipinski definition) is 1. The predicted octanol–water partition coefficient (Wildman–Crippen LogP) is 1.69. The van der Waals surface area contributed by atoms with Gasteiger partial charge in [-0.2, -0.15) is 0 Å². The van der Waals surface area contributed by atoms with E-state index in [1.807, 2.05) is 0 Å². The summed E-state index contributed by atoms with van der Waals surface area (Å²) in [5.41, 5.74) is 0.534. The van der Waals surface area contributed by atoms with Crippen LogP contribution < -0.4 is 5.32 Å². The maximum absolute atomic E-state index is 3.71. The van der Waals surface area contributed by atoms with E-state index >= 15 is 0 Å². The lowest BCUT2D eigenvalue weighted by atomic mass is 9.76. The van der Waals surface area contributed by atoms with Crippen LogP contribution in [-0.4, -0.2) is 60.6 Å². The maximum atomic E-state index is 3.71. The van der Waals surface area contributed by atoms with Crippen LogP contribution in [0.15, 0.2) is 0 Å². The van der Waals surface area contributed by atoms with Crippen molar-refractivity contribution < 1.29 is 0 Å². The molecule has 3 unspecified atom stereocenters. The molecule has 3 saturated heterocycles. The van der Waals surface area contributed by atoms with Crippen LogP contribution in [-0.2, 0) is 0 Å². The number of nitrogens with zero attached hydrogens (tertiary/aromatic N) is 2. The third-order valence-electron chi connectivity index (χ3n) is 6.37. The molecule has 0 aromatic heterocycles. The average Bonchev–Trinajstić information content (AvgIpc) is 2.83. The SMILES string of the molecule is C1CCC2(CC1)CNCCN2C1CCN2CCC1C2.